The fraction of sp³-hybridized carbons (Fsp3) is 0.900. The molecule has 0 bridgehead atoms. The number of likely N-dealkylation sites (tertiary alicyclic amines) is 1. The number of rotatable bonds is 2. The molecule has 1 atom stereocenters. The predicted molar refractivity (Wildman–Crippen MR) is 61.5 cm³/mol. The van der Waals surface area contributed by atoms with Gasteiger partial charge in [0.05, 0.1) is 6.10 Å². The number of guanidine groups is 1. The van der Waals surface area contributed by atoms with Crippen LogP contribution in [-0.2, 0) is 4.74 Å². The zero-order valence-electron chi connectivity index (χ0n) is 9.86. The van der Waals surface area contributed by atoms with Crippen molar-refractivity contribution in [2.75, 3.05) is 20.2 Å². The molecule has 1 aliphatic rings. The standard InChI is InChI=1S/C10H22N4O/c1-8(2)12-10(13-11)14-6-4-5-9(7-14)15-3/h8-9H,4-7,11H2,1-3H3,(H,12,13). The lowest BCUT2D eigenvalue weighted by atomic mass is 10.1. The number of nitrogens with two attached hydrogens (primary N) is 1. The summed E-state index contributed by atoms with van der Waals surface area (Å²) >= 11 is 0. The van der Waals surface area contributed by atoms with Crippen LogP contribution in [0.1, 0.15) is 26.7 Å². The van der Waals surface area contributed by atoms with E-state index in [1.165, 1.54) is 0 Å². The van der Waals surface area contributed by atoms with Crippen LogP contribution >= 0.6 is 0 Å². The van der Waals surface area contributed by atoms with Crippen LogP contribution < -0.4 is 11.3 Å². The molecule has 5 nitrogen and oxygen atoms in total. The van der Waals surface area contributed by atoms with Crippen LogP contribution in [0.3, 0.4) is 0 Å². The van der Waals surface area contributed by atoms with Gasteiger partial charge in [0.25, 0.3) is 0 Å². The highest BCUT2D eigenvalue weighted by Crippen LogP contribution is 2.12. The Balaban J connectivity index is 2.60. The molecule has 1 aliphatic heterocycles. The third kappa shape index (κ3) is 3.68. The molecule has 1 unspecified atom stereocenters. The van der Waals surface area contributed by atoms with E-state index in [1.807, 2.05) is 13.8 Å². The molecule has 0 aromatic carbocycles. The molecule has 0 aliphatic carbocycles. The summed E-state index contributed by atoms with van der Waals surface area (Å²) in [6.07, 6.45) is 2.54. The summed E-state index contributed by atoms with van der Waals surface area (Å²) < 4.78 is 5.36. The van der Waals surface area contributed by atoms with Crippen LogP contribution in [0, 0.1) is 0 Å². The Morgan fingerprint density at radius 1 is 1.60 bits per heavy atom. The van der Waals surface area contributed by atoms with Gasteiger partial charge in [0.2, 0.25) is 5.96 Å². The van der Waals surface area contributed by atoms with Crippen LogP contribution in [0.4, 0.5) is 0 Å². The Hall–Kier alpha value is -0.810. The molecule has 0 saturated carbocycles. The summed E-state index contributed by atoms with van der Waals surface area (Å²) in [5.74, 6) is 6.25. The number of methoxy groups -OCH3 is 1. The minimum atomic E-state index is 0.249. The molecule has 15 heavy (non-hydrogen) atoms. The lowest BCUT2D eigenvalue weighted by Gasteiger charge is -2.33. The molecular formula is C10H22N4O. The molecule has 1 heterocycles. The van der Waals surface area contributed by atoms with Crippen molar-refractivity contribution in [1.29, 1.82) is 0 Å². The monoisotopic (exact) mass is 214 g/mol. The first kappa shape index (κ1) is 12.3. The maximum Gasteiger partial charge on any atom is 0.208 e. The number of nitrogens with zero attached hydrogens (tertiary/aromatic N) is 2. The summed E-state index contributed by atoms with van der Waals surface area (Å²) in [4.78, 5) is 6.59. The fourth-order valence-corrected chi connectivity index (χ4v) is 1.78. The van der Waals surface area contributed by atoms with Gasteiger partial charge in [-0.05, 0) is 26.7 Å². The molecule has 0 amide bonds. The Labute approximate surface area is 91.6 Å². The van der Waals surface area contributed by atoms with Gasteiger partial charge in [-0.2, -0.15) is 0 Å². The summed E-state index contributed by atoms with van der Waals surface area (Å²) in [6, 6.07) is 0.249. The van der Waals surface area contributed by atoms with Crippen molar-refractivity contribution in [3.05, 3.63) is 0 Å². The van der Waals surface area contributed by atoms with Gasteiger partial charge in [-0.1, -0.05) is 0 Å². The molecule has 5 heteroatoms. The van der Waals surface area contributed by atoms with Crippen LogP contribution in [-0.4, -0.2) is 43.2 Å². The molecule has 3 N–H and O–H groups in total. The van der Waals surface area contributed by atoms with E-state index in [9.17, 15) is 0 Å². The number of hydrogen-bond acceptors (Lipinski definition) is 3. The minimum Gasteiger partial charge on any atom is -0.380 e. The summed E-state index contributed by atoms with van der Waals surface area (Å²) in [5.41, 5.74) is 2.67. The van der Waals surface area contributed by atoms with Crippen LogP contribution in [0.25, 0.3) is 0 Å². The van der Waals surface area contributed by atoms with Crippen molar-refractivity contribution in [3.63, 3.8) is 0 Å². The van der Waals surface area contributed by atoms with Gasteiger partial charge in [-0.3, -0.25) is 5.43 Å². The van der Waals surface area contributed by atoms with Gasteiger partial charge >= 0.3 is 0 Å². The predicted octanol–water partition coefficient (Wildman–Crippen LogP) is 0.325. The summed E-state index contributed by atoms with van der Waals surface area (Å²) in [6.45, 7) is 5.94. The maximum atomic E-state index is 5.48. The molecular weight excluding hydrogens is 192 g/mol. The fourth-order valence-electron chi connectivity index (χ4n) is 1.78. The third-order valence-electron chi connectivity index (χ3n) is 2.52. The average molecular weight is 214 g/mol. The van der Waals surface area contributed by atoms with Gasteiger partial charge in [-0.25, -0.2) is 10.8 Å². The number of hydrazine groups is 1. The molecule has 0 spiro atoms. The Morgan fingerprint density at radius 2 is 2.33 bits per heavy atom. The molecule has 0 aromatic rings. The third-order valence-corrected chi connectivity index (χ3v) is 2.52. The highest BCUT2D eigenvalue weighted by atomic mass is 16.5. The van der Waals surface area contributed by atoms with E-state index in [-0.39, 0.29) is 6.04 Å². The van der Waals surface area contributed by atoms with Crippen molar-refractivity contribution < 1.29 is 4.74 Å². The van der Waals surface area contributed by atoms with Gasteiger partial charge in [0.1, 0.15) is 0 Å². The molecule has 1 saturated heterocycles. The van der Waals surface area contributed by atoms with Crippen molar-refractivity contribution in [3.8, 4) is 0 Å². The first-order chi connectivity index (χ1) is 7.17. The number of piperidine rings is 1. The highest BCUT2D eigenvalue weighted by molar-refractivity contribution is 5.79. The Bertz CT molecular complexity index is 217. The first-order valence-corrected chi connectivity index (χ1v) is 5.49. The second-order valence-corrected chi connectivity index (χ2v) is 4.14. The molecule has 1 fully saturated rings. The number of nitrogens with one attached hydrogen (secondary N) is 1. The lowest BCUT2D eigenvalue weighted by Crippen LogP contribution is -2.50. The van der Waals surface area contributed by atoms with E-state index in [0.29, 0.717) is 6.10 Å². The molecule has 88 valence electrons. The topological polar surface area (TPSA) is 62.9 Å². The van der Waals surface area contributed by atoms with E-state index in [1.54, 1.807) is 7.11 Å². The summed E-state index contributed by atoms with van der Waals surface area (Å²) in [7, 11) is 1.75. The van der Waals surface area contributed by atoms with E-state index in [0.717, 1.165) is 31.9 Å². The smallest absolute Gasteiger partial charge is 0.208 e. The van der Waals surface area contributed by atoms with Crippen molar-refractivity contribution >= 4 is 5.96 Å². The SMILES string of the molecule is COC1CCCN(C(=NC(C)C)NN)C1. The number of aliphatic imine (C=N–C) groups is 1. The van der Waals surface area contributed by atoms with Crippen LogP contribution in [0.2, 0.25) is 0 Å². The molecule has 0 aromatic heterocycles. The quantitative estimate of drug-likeness (QED) is 0.301. The number of hydrogen-bond donors (Lipinski definition) is 2. The van der Waals surface area contributed by atoms with Gasteiger partial charge in [0.15, 0.2) is 0 Å². The van der Waals surface area contributed by atoms with E-state index in [4.69, 9.17) is 10.6 Å². The molecule has 1 rings (SSSR count). The zero-order chi connectivity index (χ0) is 11.3. The van der Waals surface area contributed by atoms with Gasteiger partial charge < -0.3 is 9.64 Å². The second kappa shape index (κ2) is 5.92. The molecule has 0 radical (unpaired) electrons. The summed E-state index contributed by atoms with van der Waals surface area (Å²) in [5, 5.41) is 0. The van der Waals surface area contributed by atoms with Crippen molar-refractivity contribution in [1.82, 2.24) is 10.3 Å². The maximum absolute atomic E-state index is 5.48. The average Bonchev–Trinajstić information content (AvgIpc) is 2.25. The van der Waals surface area contributed by atoms with Gasteiger partial charge in [-0.15, -0.1) is 0 Å². The van der Waals surface area contributed by atoms with Gasteiger partial charge in [0, 0.05) is 26.2 Å². The van der Waals surface area contributed by atoms with Crippen LogP contribution in [0.15, 0.2) is 4.99 Å². The Morgan fingerprint density at radius 3 is 2.87 bits per heavy atom. The van der Waals surface area contributed by atoms with E-state index in [2.05, 4.69) is 15.3 Å². The zero-order valence-corrected chi connectivity index (χ0v) is 9.86. The van der Waals surface area contributed by atoms with Crippen molar-refractivity contribution in [2.24, 2.45) is 10.8 Å². The van der Waals surface area contributed by atoms with Crippen molar-refractivity contribution in [2.45, 2.75) is 38.8 Å². The van der Waals surface area contributed by atoms with E-state index < -0.39 is 0 Å². The number of ether oxygens (including phenoxy) is 1. The Kier molecular flexibility index (Phi) is 4.84. The lowest BCUT2D eigenvalue weighted by molar-refractivity contribution is 0.0525. The first-order valence-electron chi connectivity index (χ1n) is 5.49. The second-order valence-electron chi connectivity index (χ2n) is 4.14. The van der Waals surface area contributed by atoms with Crippen LogP contribution in [0.5, 0.6) is 0 Å². The minimum absolute atomic E-state index is 0.249. The largest absolute Gasteiger partial charge is 0.380 e. The highest BCUT2D eigenvalue weighted by Gasteiger charge is 2.21. The normalized spacial score (nSPS) is 23.4. The van der Waals surface area contributed by atoms with E-state index >= 15 is 0 Å².